The normalized spacial score (nSPS) is 13.3. The first-order chi connectivity index (χ1) is 13.3. The average Bonchev–Trinajstić information content (AvgIpc) is 2.57. The van der Waals surface area contributed by atoms with Gasteiger partial charge in [0.1, 0.15) is 0 Å². The Morgan fingerprint density at radius 2 is 0.967 bits per heavy atom. The van der Waals surface area contributed by atoms with Crippen molar-refractivity contribution in [2.24, 2.45) is 0 Å². The first-order valence-electron chi connectivity index (χ1n) is 7.71. The van der Waals surface area contributed by atoms with E-state index in [0.29, 0.717) is 36.8 Å². The second-order valence-corrected chi connectivity index (χ2v) is 10.3. The number of ketones is 1. The van der Waals surface area contributed by atoms with Crippen LogP contribution in [0.5, 0.6) is 0 Å². The lowest BCUT2D eigenvalue weighted by Crippen LogP contribution is -2.16. The fraction of sp³-hybridized carbons (Fsp3) is 0.235. The lowest BCUT2D eigenvalue weighted by atomic mass is 10.00. The molecule has 2 rings (SSSR count). The molecule has 0 saturated heterocycles. The Morgan fingerprint density at radius 3 is 1.20 bits per heavy atom. The van der Waals surface area contributed by atoms with E-state index in [-0.39, 0.29) is 12.1 Å². The van der Waals surface area contributed by atoms with Crippen LogP contribution >= 0.6 is 0 Å². The molecule has 0 heterocycles. The van der Waals surface area contributed by atoms with E-state index in [0.717, 1.165) is 0 Å². The Labute approximate surface area is 167 Å². The molecule has 0 radical (unpaired) electrons. The van der Waals surface area contributed by atoms with Gasteiger partial charge < -0.3 is 0 Å². The van der Waals surface area contributed by atoms with Crippen LogP contribution in [0.15, 0.2) is 46.2 Å². The van der Waals surface area contributed by atoms with Crippen LogP contribution in [-0.4, -0.2) is 35.1 Å². The summed E-state index contributed by atoms with van der Waals surface area (Å²) in [6, 6.07) is 2.29. The molecular weight excluding hydrogens is 462 g/mol. The molecule has 0 unspecified atom stereocenters. The van der Waals surface area contributed by atoms with Crippen molar-refractivity contribution in [1.82, 2.24) is 0 Å². The van der Waals surface area contributed by atoms with Crippen molar-refractivity contribution < 1.29 is 48.0 Å². The predicted molar refractivity (Wildman–Crippen MR) is 92.5 cm³/mol. The van der Waals surface area contributed by atoms with E-state index in [2.05, 4.69) is 0 Å². The van der Waals surface area contributed by atoms with Crippen LogP contribution in [0.25, 0.3) is 0 Å². The summed E-state index contributed by atoms with van der Waals surface area (Å²) in [6.45, 7) is 0. The third kappa shape index (κ3) is 5.01. The number of halogens is 6. The number of hydrogen-bond acceptors (Lipinski definition) is 5. The summed E-state index contributed by atoms with van der Waals surface area (Å²) in [5.41, 5.74) is -4.38. The van der Waals surface area contributed by atoms with E-state index in [1.165, 1.54) is 0 Å². The standard InChI is InChI=1S/C17H12F6O5S2/c1-29(25,26)13-7-9(16(18,19)20)3-5-11(13)15(24)12-6-4-10(17(21,22)23)8-14(12)30(2,27)28/h3-8H,1-2H3. The van der Waals surface area contributed by atoms with Crippen LogP contribution in [0.4, 0.5) is 26.3 Å². The molecule has 0 aromatic heterocycles. The van der Waals surface area contributed by atoms with Gasteiger partial charge in [0.25, 0.3) is 0 Å². The summed E-state index contributed by atoms with van der Waals surface area (Å²) >= 11 is 0. The van der Waals surface area contributed by atoms with Gasteiger partial charge in [-0.1, -0.05) is 0 Å². The number of hydrogen-bond donors (Lipinski definition) is 0. The molecule has 0 amide bonds. The molecule has 0 atom stereocenters. The van der Waals surface area contributed by atoms with Crippen molar-refractivity contribution in [3.63, 3.8) is 0 Å². The van der Waals surface area contributed by atoms with E-state index in [1.807, 2.05) is 0 Å². The number of alkyl halides is 6. The van der Waals surface area contributed by atoms with Gasteiger partial charge in [-0.25, -0.2) is 16.8 Å². The molecule has 30 heavy (non-hydrogen) atoms. The van der Waals surface area contributed by atoms with Crippen LogP contribution in [0.1, 0.15) is 27.0 Å². The largest absolute Gasteiger partial charge is 0.416 e. The van der Waals surface area contributed by atoms with Crippen LogP contribution in [0.3, 0.4) is 0 Å². The Hall–Kier alpha value is -2.41. The second-order valence-electron chi connectivity index (χ2n) is 6.29. The summed E-state index contributed by atoms with van der Waals surface area (Å²) in [5, 5.41) is 0. The van der Waals surface area contributed by atoms with Crippen molar-refractivity contribution in [2.75, 3.05) is 12.5 Å². The summed E-state index contributed by atoms with van der Waals surface area (Å²) < 4.78 is 125. The highest BCUT2D eigenvalue weighted by atomic mass is 32.2. The highest BCUT2D eigenvalue weighted by Crippen LogP contribution is 2.35. The van der Waals surface area contributed by atoms with E-state index in [9.17, 15) is 48.0 Å². The number of carbonyl (C=O) groups is 1. The SMILES string of the molecule is CS(=O)(=O)c1cc(C(F)(F)F)ccc1C(=O)c1ccc(C(F)(F)F)cc1S(C)(=O)=O. The molecule has 0 saturated carbocycles. The Balaban J connectivity index is 2.81. The summed E-state index contributed by atoms with van der Waals surface area (Å²) in [7, 11) is -8.80. The number of sulfone groups is 2. The Kier molecular flexibility index (Phi) is 5.87. The second kappa shape index (κ2) is 7.38. The summed E-state index contributed by atoms with van der Waals surface area (Å²) in [4.78, 5) is 10.7. The summed E-state index contributed by atoms with van der Waals surface area (Å²) in [5.74, 6) is -1.36. The third-order valence-corrected chi connectivity index (χ3v) is 6.18. The average molecular weight is 474 g/mol. The van der Waals surface area contributed by atoms with Crippen molar-refractivity contribution >= 4 is 25.5 Å². The molecule has 0 fully saturated rings. The van der Waals surface area contributed by atoms with Gasteiger partial charge >= 0.3 is 12.4 Å². The highest BCUT2D eigenvalue weighted by Gasteiger charge is 2.35. The Morgan fingerprint density at radius 1 is 0.667 bits per heavy atom. The molecule has 0 bridgehead atoms. The number of rotatable bonds is 4. The van der Waals surface area contributed by atoms with Crippen LogP contribution < -0.4 is 0 Å². The predicted octanol–water partition coefficient (Wildman–Crippen LogP) is 3.76. The number of benzene rings is 2. The van der Waals surface area contributed by atoms with Gasteiger partial charge in [-0.3, -0.25) is 4.79 Å². The van der Waals surface area contributed by atoms with Gasteiger partial charge in [0.2, 0.25) is 0 Å². The minimum absolute atomic E-state index is 0.201. The zero-order chi connectivity index (χ0) is 23.3. The molecule has 2 aromatic carbocycles. The number of carbonyl (C=O) groups excluding carboxylic acids is 1. The van der Waals surface area contributed by atoms with Gasteiger partial charge in [-0.15, -0.1) is 0 Å². The van der Waals surface area contributed by atoms with E-state index < -0.39 is 69.9 Å². The summed E-state index contributed by atoms with van der Waals surface area (Å²) in [6.07, 6.45) is -8.81. The molecule has 0 spiro atoms. The molecule has 0 aliphatic carbocycles. The van der Waals surface area contributed by atoms with E-state index in [1.54, 1.807) is 0 Å². The molecular formula is C17H12F6O5S2. The van der Waals surface area contributed by atoms with Gasteiger partial charge in [0.05, 0.1) is 20.9 Å². The van der Waals surface area contributed by atoms with Gasteiger partial charge in [0, 0.05) is 23.6 Å². The monoisotopic (exact) mass is 474 g/mol. The third-order valence-electron chi connectivity index (χ3n) is 3.91. The van der Waals surface area contributed by atoms with E-state index >= 15 is 0 Å². The van der Waals surface area contributed by atoms with Gasteiger partial charge in [0.15, 0.2) is 25.5 Å². The topological polar surface area (TPSA) is 85.3 Å². The highest BCUT2D eigenvalue weighted by molar-refractivity contribution is 7.91. The zero-order valence-electron chi connectivity index (χ0n) is 15.1. The van der Waals surface area contributed by atoms with Crippen LogP contribution in [0.2, 0.25) is 0 Å². The van der Waals surface area contributed by atoms with Gasteiger partial charge in [-0.05, 0) is 36.4 Å². The Bertz CT molecular complexity index is 1130. The quantitative estimate of drug-likeness (QED) is 0.498. The first-order valence-corrected chi connectivity index (χ1v) is 11.5. The molecule has 0 N–H and O–H groups in total. The molecule has 164 valence electrons. The minimum Gasteiger partial charge on any atom is -0.289 e. The molecule has 5 nitrogen and oxygen atoms in total. The lowest BCUT2D eigenvalue weighted by molar-refractivity contribution is -0.138. The lowest BCUT2D eigenvalue weighted by Gasteiger charge is -2.15. The molecule has 0 aliphatic heterocycles. The zero-order valence-corrected chi connectivity index (χ0v) is 16.7. The smallest absolute Gasteiger partial charge is 0.289 e. The van der Waals surface area contributed by atoms with Crippen molar-refractivity contribution in [3.8, 4) is 0 Å². The maximum Gasteiger partial charge on any atom is 0.416 e. The van der Waals surface area contributed by atoms with Crippen LogP contribution in [-0.2, 0) is 32.0 Å². The maximum atomic E-state index is 12.9. The van der Waals surface area contributed by atoms with Crippen LogP contribution in [0, 0.1) is 0 Å². The minimum atomic E-state index is -4.94. The first kappa shape index (κ1) is 23.9. The van der Waals surface area contributed by atoms with Crippen molar-refractivity contribution in [3.05, 3.63) is 58.7 Å². The molecule has 2 aromatic rings. The maximum absolute atomic E-state index is 12.9. The fourth-order valence-electron chi connectivity index (χ4n) is 2.53. The van der Waals surface area contributed by atoms with Crippen molar-refractivity contribution in [1.29, 1.82) is 0 Å². The fourth-order valence-corrected chi connectivity index (χ4v) is 4.33. The van der Waals surface area contributed by atoms with Crippen molar-refractivity contribution in [2.45, 2.75) is 22.1 Å². The molecule has 13 heteroatoms. The molecule has 0 aliphatic rings. The van der Waals surface area contributed by atoms with Gasteiger partial charge in [-0.2, -0.15) is 26.3 Å². The van der Waals surface area contributed by atoms with E-state index in [4.69, 9.17) is 0 Å².